The van der Waals surface area contributed by atoms with Crippen LogP contribution in [0.25, 0.3) is 0 Å². The van der Waals surface area contributed by atoms with Crippen LogP contribution in [-0.2, 0) is 16.1 Å². The van der Waals surface area contributed by atoms with Crippen molar-refractivity contribution < 1.29 is 19.8 Å². The Morgan fingerprint density at radius 3 is 2.74 bits per heavy atom. The van der Waals surface area contributed by atoms with Gasteiger partial charge in [0.05, 0.1) is 6.33 Å². The predicted molar refractivity (Wildman–Crippen MR) is 66.4 cm³/mol. The molecule has 1 aliphatic carbocycles. The van der Waals surface area contributed by atoms with Crippen LogP contribution < -0.4 is 0 Å². The lowest BCUT2D eigenvalue weighted by Gasteiger charge is -2.30. The molecule has 1 atom stereocenters. The van der Waals surface area contributed by atoms with Gasteiger partial charge in [-0.1, -0.05) is 11.6 Å². The first kappa shape index (κ1) is 13.1. The first-order valence-corrected chi connectivity index (χ1v) is 5.75. The maximum atomic E-state index is 11.6. The smallest absolute Gasteiger partial charge is 0.331 e. The molecule has 0 spiro atoms. The number of allylic oxidation sites excluding steroid dienone is 2. The van der Waals surface area contributed by atoms with Crippen molar-refractivity contribution in [1.82, 2.24) is 9.55 Å². The van der Waals surface area contributed by atoms with Crippen molar-refractivity contribution in [1.29, 1.82) is 0 Å². The number of imidazole rings is 1. The van der Waals surface area contributed by atoms with Gasteiger partial charge in [-0.05, 0) is 13.0 Å². The molecule has 100 valence electrons. The van der Waals surface area contributed by atoms with Crippen LogP contribution >= 0.6 is 0 Å². The summed E-state index contributed by atoms with van der Waals surface area (Å²) in [5, 5.41) is 18.6. The van der Waals surface area contributed by atoms with Crippen molar-refractivity contribution in [2.24, 2.45) is 5.41 Å². The molecule has 6 heteroatoms. The van der Waals surface area contributed by atoms with Gasteiger partial charge in [-0.15, -0.1) is 0 Å². The zero-order chi connectivity index (χ0) is 14.0. The largest absolute Gasteiger partial charge is 0.481 e. The van der Waals surface area contributed by atoms with E-state index < -0.39 is 17.4 Å². The minimum atomic E-state index is -1.24. The highest BCUT2D eigenvalue weighted by atomic mass is 16.4. The Morgan fingerprint density at radius 2 is 2.21 bits per heavy atom. The standard InChI is InChI=1S/C13H14N2O4/c1-9-4-10(11(16)17)6-13(5-9,12(18)19)7-15-3-2-14-8-15/h2-5,8H,6-7H2,1H3,(H,16,17)(H,18,19). The number of hydrogen-bond donors (Lipinski definition) is 2. The van der Waals surface area contributed by atoms with Gasteiger partial charge in [-0.3, -0.25) is 4.79 Å². The fraction of sp³-hybridized carbons (Fsp3) is 0.308. The van der Waals surface area contributed by atoms with Crippen LogP contribution in [0.15, 0.2) is 42.0 Å². The summed E-state index contributed by atoms with van der Waals surface area (Å²) in [6, 6.07) is 0. The molecule has 0 radical (unpaired) electrons. The molecule has 6 nitrogen and oxygen atoms in total. The van der Waals surface area contributed by atoms with E-state index >= 15 is 0 Å². The van der Waals surface area contributed by atoms with Crippen LogP contribution in [-0.4, -0.2) is 31.7 Å². The molecular formula is C13H14N2O4. The zero-order valence-electron chi connectivity index (χ0n) is 10.4. The molecular weight excluding hydrogens is 248 g/mol. The number of rotatable bonds is 4. The van der Waals surface area contributed by atoms with Gasteiger partial charge in [0.25, 0.3) is 0 Å². The number of carboxylic acids is 2. The summed E-state index contributed by atoms with van der Waals surface area (Å²) in [7, 11) is 0. The average Bonchev–Trinajstić information content (AvgIpc) is 2.80. The Bertz CT molecular complexity index is 571. The summed E-state index contributed by atoms with van der Waals surface area (Å²) >= 11 is 0. The number of hydrogen-bond acceptors (Lipinski definition) is 3. The molecule has 1 aromatic rings. The summed E-state index contributed by atoms with van der Waals surface area (Å²) in [4.78, 5) is 26.6. The summed E-state index contributed by atoms with van der Waals surface area (Å²) in [6.45, 7) is 1.86. The van der Waals surface area contributed by atoms with Gasteiger partial charge >= 0.3 is 11.9 Å². The van der Waals surface area contributed by atoms with Crippen LogP contribution in [0, 0.1) is 5.41 Å². The van der Waals surface area contributed by atoms with Crippen molar-refractivity contribution in [3.05, 3.63) is 42.0 Å². The SMILES string of the molecule is CC1=CC(Cn2ccnc2)(C(=O)O)CC(C(=O)O)=C1. The molecule has 0 saturated carbocycles. The van der Waals surface area contributed by atoms with Crippen LogP contribution in [0.1, 0.15) is 13.3 Å². The molecule has 0 fully saturated rings. The normalized spacial score (nSPS) is 22.6. The zero-order valence-corrected chi connectivity index (χ0v) is 10.4. The lowest BCUT2D eigenvalue weighted by Crippen LogP contribution is -2.36. The van der Waals surface area contributed by atoms with Gasteiger partial charge in [-0.2, -0.15) is 0 Å². The highest BCUT2D eigenvalue weighted by Crippen LogP contribution is 2.36. The van der Waals surface area contributed by atoms with E-state index in [1.54, 1.807) is 30.0 Å². The lowest BCUT2D eigenvalue weighted by molar-refractivity contribution is -0.147. The van der Waals surface area contributed by atoms with Gasteiger partial charge < -0.3 is 14.8 Å². The third-order valence-electron chi connectivity index (χ3n) is 3.14. The molecule has 2 N–H and O–H groups in total. The first-order valence-electron chi connectivity index (χ1n) is 5.75. The summed E-state index contributed by atoms with van der Waals surface area (Å²) < 4.78 is 1.64. The molecule has 0 aliphatic heterocycles. The number of aliphatic carboxylic acids is 2. The van der Waals surface area contributed by atoms with E-state index in [1.807, 2.05) is 0 Å². The maximum absolute atomic E-state index is 11.6. The monoisotopic (exact) mass is 262 g/mol. The summed E-state index contributed by atoms with van der Waals surface area (Å²) in [6.07, 6.45) is 7.83. The van der Waals surface area contributed by atoms with Gasteiger partial charge in [0, 0.05) is 30.9 Å². The highest BCUT2D eigenvalue weighted by Gasteiger charge is 2.40. The molecule has 0 bridgehead atoms. The second-order valence-electron chi connectivity index (χ2n) is 4.74. The molecule has 19 heavy (non-hydrogen) atoms. The van der Waals surface area contributed by atoms with Crippen molar-refractivity contribution in [3.63, 3.8) is 0 Å². The Hall–Kier alpha value is -2.37. The van der Waals surface area contributed by atoms with E-state index in [0.29, 0.717) is 5.57 Å². The Balaban J connectivity index is 2.39. The minimum Gasteiger partial charge on any atom is -0.481 e. The topological polar surface area (TPSA) is 92.4 Å². The van der Waals surface area contributed by atoms with Gasteiger partial charge in [0.1, 0.15) is 5.41 Å². The second kappa shape index (κ2) is 4.72. The van der Waals surface area contributed by atoms with Crippen molar-refractivity contribution >= 4 is 11.9 Å². The Labute approximate surface area is 109 Å². The van der Waals surface area contributed by atoms with E-state index in [9.17, 15) is 14.7 Å². The second-order valence-corrected chi connectivity index (χ2v) is 4.74. The minimum absolute atomic E-state index is 0.0345. The summed E-state index contributed by atoms with van der Waals surface area (Å²) in [5.74, 6) is -2.11. The van der Waals surface area contributed by atoms with Crippen molar-refractivity contribution in [3.8, 4) is 0 Å². The first-order chi connectivity index (χ1) is 8.93. The van der Waals surface area contributed by atoms with E-state index in [2.05, 4.69) is 4.98 Å². The van der Waals surface area contributed by atoms with Crippen LogP contribution in [0.4, 0.5) is 0 Å². The number of aromatic nitrogens is 2. The van der Waals surface area contributed by atoms with E-state index in [-0.39, 0.29) is 18.5 Å². The molecule has 1 aliphatic rings. The van der Waals surface area contributed by atoms with Gasteiger partial charge in [-0.25, -0.2) is 9.78 Å². The molecule has 0 aromatic carbocycles. The third kappa shape index (κ3) is 2.57. The number of nitrogens with zero attached hydrogens (tertiary/aromatic N) is 2. The lowest BCUT2D eigenvalue weighted by atomic mass is 9.76. The Kier molecular flexibility index (Phi) is 3.25. The van der Waals surface area contributed by atoms with Crippen LogP contribution in [0.3, 0.4) is 0 Å². The maximum Gasteiger partial charge on any atom is 0.331 e. The number of carbonyl (C=O) groups is 2. The van der Waals surface area contributed by atoms with Crippen LogP contribution in [0.5, 0.6) is 0 Å². The molecule has 1 aromatic heterocycles. The van der Waals surface area contributed by atoms with Crippen LogP contribution in [0.2, 0.25) is 0 Å². The fourth-order valence-electron chi connectivity index (χ4n) is 2.34. The molecule has 2 rings (SSSR count). The molecule has 1 heterocycles. The van der Waals surface area contributed by atoms with Gasteiger partial charge in [0.15, 0.2) is 0 Å². The highest BCUT2D eigenvalue weighted by molar-refractivity contribution is 5.90. The quantitative estimate of drug-likeness (QED) is 0.853. The average molecular weight is 262 g/mol. The molecule has 1 unspecified atom stereocenters. The number of carboxylic acid groups (broad SMARTS) is 2. The summed E-state index contributed by atoms with van der Waals surface area (Å²) in [5.41, 5.74) is -0.485. The van der Waals surface area contributed by atoms with Crippen molar-refractivity contribution in [2.45, 2.75) is 19.9 Å². The van der Waals surface area contributed by atoms with Gasteiger partial charge in [0.2, 0.25) is 0 Å². The molecule has 0 amide bonds. The van der Waals surface area contributed by atoms with E-state index in [4.69, 9.17) is 5.11 Å². The fourth-order valence-corrected chi connectivity index (χ4v) is 2.34. The van der Waals surface area contributed by atoms with Crippen molar-refractivity contribution in [2.75, 3.05) is 0 Å². The Morgan fingerprint density at radius 1 is 1.47 bits per heavy atom. The third-order valence-corrected chi connectivity index (χ3v) is 3.14. The predicted octanol–water partition coefficient (Wildman–Crippen LogP) is 1.32. The van der Waals surface area contributed by atoms with E-state index in [1.165, 1.54) is 12.4 Å². The van der Waals surface area contributed by atoms with E-state index in [0.717, 1.165) is 0 Å². The molecule has 0 saturated heterocycles.